The minimum Gasteiger partial charge on any atom is -0.508 e. The third-order valence-electron chi connectivity index (χ3n) is 8.47. The molecule has 5 aromatic carbocycles. The summed E-state index contributed by atoms with van der Waals surface area (Å²) >= 11 is 0. The van der Waals surface area contributed by atoms with E-state index in [0.29, 0.717) is 11.5 Å². The monoisotopic (exact) mass is 542 g/mol. The van der Waals surface area contributed by atoms with Crippen molar-refractivity contribution in [2.24, 2.45) is 0 Å². The fourth-order valence-electron chi connectivity index (χ4n) is 5.36. The van der Waals surface area contributed by atoms with E-state index in [9.17, 15) is 10.2 Å². The lowest BCUT2D eigenvalue weighted by molar-refractivity contribution is 0.451. The molecule has 0 radical (unpaired) electrons. The molecule has 0 aromatic heterocycles. The second kappa shape index (κ2) is 12.1. The van der Waals surface area contributed by atoms with Gasteiger partial charge in [-0.2, -0.15) is 0 Å². The number of aromatic hydroxyl groups is 2. The predicted molar refractivity (Wildman–Crippen MR) is 172 cm³/mol. The highest BCUT2D eigenvalue weighted by Crippen LogP contribution is 2.40. The van der Waals surface area contributed by atoms with E-state index in [2.05, 4.69) is 108 Å². The van der Waals surface area contributed by atoms with Crippen LogP contribution in [-0.4, -0.2) is 10.2 Å². The molecule has 0 bridgehead atoms. The molecule has 0 spiro atoms. The fraction of sp³-hybridized carbons (Fsp3) is 0.231. The minimum absolute atomic E-state index is 0.0328. The van der Waals surface area contributed by atoms with E-state index in [0.717, 1.165) is 5.56 Å². The second-order valence-electron chi connectivity index (χ2n) is 12.3. The number of hydrogen-bond donors (Lipinski definition) is 2. The normalized spacial score (nSPS) is 11.9. The molecule has 2 heteroatoms. The largest absolute Gasteiger partial charge is 0.508 e. The van der Waals surface area contributed by atoms with Gasteiger partial charge in [-0.15, -0.1) is 0 Å². The average Bonchev–Trinajstić information content (AvgIpc) is 2.99. The van der Waals surface area contributed by atoms with Crippen molar-refractivity contribution in [3.63, 3.8) is 0 Å². The Morgan fingerprint density at radius 1 is 0.366 bits per heavy atom. The van der Waals surface area contributed by atoms with Crippen molar-refractivity contribution < 1.29 is 10.2 Å². The minimum atomic E-state index is -0.270. The maximum absolute atomic E-state index is 10.6. The third-order valence-corrected chi connectivity index (χ3v) is 8.47. The van der Waals surface area contributed by atoms with Crippen LogP contribution < -0.4 is 0 Å². The zero-order valence-corrected chi connectivity index (χ0v) is 25.1. The summed E-state index contributed by atoms with van der Waals surface area (Å²) in [6, 6.07) is 44.7. The van der Waals surface area contributed by atoms with Crippen LogP contribution in [-0.2, 0) is 16.2 Å². The van der Waals surface area contributed by atoms with Crippen molar-refractivity contribution in [3.8, 4) is 11.5 Å². The van der Waals surface area contributed by atoms with Crippen LogP contribution in [0.4, 0.5) is 0 Å². The SMILES string of the molecule is CC(C)(c1ccccc1)c1ccc(O)c(C(C)(C)c2ccccc2)c1.CC(C)(c1ccccc1)c1ccc(O)cc1. The van der Waals surface area contributed by atoms with E-state index < -0.39 is 0 Å². The van der Waals surface area contributed by atoms with Crippen LogP contribution in [0.3, 0.4) is 0 Å². The molecule has 0 saturated heterocycles. The average molecular weight is 543 g/mol. The molecule has 210 valence electrons. The summed E-state index contributed by atoms with van der Waals surface area (Å²) in [6.45, 7) is 13.2. The van der Waals surface area contributed by atoms with Gasteiger partial charge in [0.2, 0.25) is 0 Å². The molecule has 0 heterocycles. The van der Waals surface area contributed by atoms with Gasteiger partial charge in [0, 0.05) is 21.8 Å². The van der Waals surface area contributed by atoms with Crippen LogP contribution in [0.5, 0.6) is 11.5 Å². The van der Waals surface area contributed by atoms with Crippen LogP contribution in [0.2, 0.25) is 0 Å². The first kappa shape index (κ1) is 29.7. The summed E-state index contributed by atoms with van der Waals surface area (Å²) in [5.41, 5.74) is 6.68. The number of phenolic OH excluding ortho intramolecular Hbond substituents is 2. The highest BCUT2D eigenvalue weighted by molar-refractivity contribution is 5.50. The molecule has 41 heavy (non-hydrogen) atoms. The number of rotatable bonds is 6. The number of benzene rings is 5. The summed E-state index contributed by atoms with van der Waals surface area (Å²) in [5.74, 6) is 0.661. The molecule has 0 aliphatic carbocycles. The van der Waals surface area contributed by atoms with Crippen LogP contribution in [0.15, 0.2) is 133 Å². The molecule has 5 aromatic rings. The first-order chi connectivity index (χ1) is 19.4. The standard InChI is InChI=1S/C24H26O.C15H16O/c1-23(2,18-11-7-5-8-12-18)20-15-16-22(25)21(17-20)24(3,4)19-13-9-6-10-14-19;1-15(2,12-6-4-3-5-7-12)13-8-10-14(16)11-9-13/h5-17,25H,1-4H3;3-11,16H,1-2H3. The maximum Gasteiger partial charge on any atom is 0.119 e. The Balaban J connectivity index is 0.000000208. The molecule has 0 atom stereocenters. The van der Waals surface area contributed by atoms with Crippen molar-refractivity contribution in [2.75, 3.05) is 0 Å². The van der Waals surface area contributed by atoms with Gasteiger partial charge in [0.15, 0.2) is 0 Å². The lowest BCUT2D eigenvalue weighted by Crippen LogP contribution is -2.23. The first-order valence-corrected chi connectivity index (χ1v) is 14.2. The topological polar surface area (TPSA) is 40.5 Å². The summed E-state index contributed by atoms with van der Waals surface area (Å²) in [4.78, 5) is 0. The van der Waals surface area contributed by atoms with Crippen LogP contribution in [0.1, 0.15) is 74.9 Å². The van der Waals surface area contributed by atoms with Gasteiger partial charge in [-0.05, 0) is 46.0 Å². The van der Waals surface area contributed by atoms with Crippen molar-refractivity contribution in [1.82, 2.24) is 0 Å². The first-order valence-electron chi connectivity index (χ1n) is 14.2. The zero-order valence-electron chi connectivity index (χ0n) is 25.1. The van der Waals surface area contributed by atoms with Gasteiger partial charge in [-0.1, -0.05) is 157 Å². The third kappa shape index (κ3) is 6.55. The molecule has 0 saturated carbocycles. The molecule has 2 N–H and O–H groups in total. The Morgan fingerprint density at radius 2 is 0.707 bits per heavy atom. The lowest BCUT2D eigenvalue weighted by atomic mass is 9.73. The summed E-state index contributed by atoms with van der Waals surface area (Å²) in [7, 11) is 0. The number of hydrogen-bond acceptors (Lipinski definition) is 2. The Morgan fingerprint density at radius 3 is 1.15 bits per heavy atom. The van der Waals surface area contributed by atoms with Gasteiger partial charge >= 0.3 is 0 Å². The Labute approximate surface area is 246 Å². The van der Waals surface area contributed by atoms with E-state index in [1.807, 2.05) is 54.6 Å². The highest BCUT2D eigenvalue weighted by atomic mass is 16.3. The molecular formula is C39H42O2. The second-order valence-corrected chi connectivity index (χ2v) is 12.3. The van der Waals surface area contributed by atoms with Crippen molar-refractivity contribution in [1.29, 1.82) is 0 Å². The molecule has 0 aliphatic rings. The molecule has 5 rings (SSSR count). The van der Waals surface area contributed by atoms with E-state index in [1.54, 1.807) is 12.1 Å². The molecule has 0 unspecified atom stereocenters. The lowest BCUT2D eigenvalue weighted by Gasteiger charge is -2.31. The van der Waals surface area contributed by atoms with Gasteiger partial charge < -0.3 is 10.2 Å². The van der Waals surface area contributed by atoms with Crippen molar-refractivity contribution in [2.45, 2.75) is 57.8 Å². The smallest absolute Gasteiger partial charge is 0.119 e. The quantitative estimate of drug-likeness (QED) is 0.224. The summed E-state index contributed by atoms with van der Waals surface area (Å²) in [6.07, 6.45) is 0. The highest BCUT2D eigenvalue weighted by Gasteiger charge is 2.30. The molecule has 0 amide bonds. The van der Waals surface area contributed by atoms with E-state index in [1.165, 1.54) is 27.8 Å². The molecule has 0 fully saturated rings. The van der Waals surface area contributed by atoms with Gasteiger partial charge in [0.25, 0.3) is 0 Å². The van der Waals surface area contributed by atoms with Gasteiger partial charge in [0.1, 0.15) is 11.5 Å². The summed E-state index contributed by atoms with van der Waals surface area (Å²) in [5, 5.41) is 19.9. The van der Waals surface area contributed by atoms with Crippen molar-refractivity contribution in [3.05, 3.63) is 167 Å². The fourth-order valence-corrected chi connectivity index (χ4v) is 5.36. The van der Waals surface area contributed by atoms with Crippen molar-refractivity contribution >= 4 is 0 Å². The zero-order chi connectivity index (χ0) is 29.7. The molecule has 0 aliphatic heterocycles. The van der Waals surface area contributed by atoms with Gasteiger partial charge in [-0.25, -0.2) is 0 Å². The van der Waals surface area contributed by atoms with Crippen LogP contribution in [0, 0.1) is 0 Å². The van der Waals surface area contributed by atoms with Gasteiger partial charge in [0.05, 0.1) is 0 Å². The molecule has 2 nitrogen and oxygen atoms in total. The Bertz CT molecular complexity index is 1530. The number of phenols is 2. The van der Waals surface area contributed by atoms with E-state index in [-0.39, 0.29) is 16.2 Å². The van der Waals surface area contributed by atoms with Gasteiger partial charge in [-0.3, -0.25) is 0 Å². The maximum atomic E-state index is 10.6. The predicted octanol–water partition coefficient (Wildman–Crippen LogP) is 9.76. The summed E-state index contributed by atoms with van der Waals surface area (Å²) < 4.78 is 0. The van der Waals surface area contributed by atoms with E-state index >= 15 is 0 Å². The Hall–Kier alpha value is -4.30. The van der Waals surface area contributed by atoms with E-state index in [4.69, 9.17) is 0 Å². The Kier molecular flexibility index (Phi) is 8.73. The van der Waals surface area contributed by atoms with Crippen LogP contribution in [0.25, 0.3) is 0 Å². The molecular weight excluding hydrogens is 500 g/mol. The van der Waals surface area contributed by atoms with Crippen LogP contribution >= 0.6 is 0 Å².